The highest BCUT2D eigenvalue weighted by Gasteiger charge is 2.23. The largest absolute Gasteiger partial charge is 0.345 e. The first kappa shape index (κ1) is 21.1. The molecule has 1 aromatic heterocycles. The van der Waals surface area contributed by atoms with E-state index in [1.54, 1.807) is 0 Å². The quantitative estimate of drug-likeness (QED) is 0.428. The first-order valence-corrected chi connectivity index (χ1v) is 10.5. The van der Waals surface area contributed by atoms with Crippen molar-refractivity contribution in [3.8, 4) is 0 Å². The second-order valence-corrected chi connectivity index (χ2v) is 8.39. The number of benzene rings is 1. The van der Waals surface area contributed by atoms with Crippen molar-refractivity contribution in [2.24, 2.45) is 0 Å². The van der Waals surface area contributed by atoms with Crippen molar-refractivity contribution in [3.63, 3.8) is 0 Å². The minimum Gasteiger partial charge on any atom is -0.335 e. The molecule has 3 amide bonds. The maximum atomic E-state index is 12.1. The summed E-state index contributed by atoms with van der Waals surface area (Å²) < 4.78 is 0.938. The van der Waals surface area contributed by atoms with Crippen LogP contribution in [0.1, 0.15) is 12.8 Å². The van der Waals surface area contributed by atoms with Gasteiger partial charge in [0.25, 0.3) is 0 Å². The number of nitrogens with zero attached hydrogens (tertiary/aromatic N) is 3. The van der Waals surface area contributed by atoms with Crippen LogP contribution in [0.4, 0.5) is 20.6 Å². The number of likely N-dealkylation sites (tertiary alicyclic amines) is 1. The minimum absolute atomic E-state index is 0.0337. The van der Waals surface area contributed by atoms with Gasteiger partial charge in [-0.25, -0.2) is 9.78 Å². The topological polar surface area (TPSA) is 130 Å². The Morgan fingerprint density at radius 1 is 1.24 bits per heavy atom. The Labute approximate surface area is 179 Å². The summed E-state index contributed by atoms with van der Waals surface area (Å²) >= 11 is 4.17. The van der Waals surface area contributed by atoms with Gasteiger partial charge in [0.15, 0.2) is 5.13 Å². The zero-order valence-electron chi connectivity index (χ0n) is 15.3. The van der Waals surface area contributed by atoms with E-state index in [2.05, 4.69) is 36.9 Å². The fraction of sp³-hybridized carbons (Fsp3) is 0.353. The molecule has 3 rings (SSSR count). The SMILES string of the molecule is O=C(CN1CCC(NC(=O)Nc2ccc(Br)cc2)CC1)Nc1ncc([N+](=O)[O-])s1. The zero-order chi connectivity index (χ0) is 20.8. The van der Waals surface area contributed by atoms with Crippen molar-refractivity contribution in [2.45, 2.75) is 18.9 Å². The van der Waals surface area contributed by atoms with Crippen LogP contribution in [0.25, 0.3) is 0 Å². The molecule has 1 aliphatic rings. The summed E-state index contributed by atoms with van der Waals surface area (Å²) in [5, 5.41) is 19.1. The first-order valence-electron chi connectivity index (χ1n) is 8.84. The number of nitrogens with one attached hydrogen (secondary N) is 3. The van der Waals surface area contributed by atoms with Crippen molar-refractivity contribution in [3.05, 3.63) is 45.0 Å². The van der Waals surface area contributed by atoms with Crippen LogP contribution in [-0.2, 0) is 4.79 Å². The van der Waals surface area contributed by atoms with E-state index in [9.17, 15) is 19.7 Å². The van der Waals surface area contributed by atoms with Crippen molar-refractivity contribution < 1.29 is 14.5 Å². The molecule has 0 saturated carbocycles. The van der Waals surface area contributed by atoms with E-state index in [0.717, 1.165) is 34.8 Å². The number of halogens is 1. The van der Waals surface area contributed by atoms with Crippen LogP contribution in [0.5, 0.6) is 0 Å². The molecular formula is C17H19BrN6O4S. The van der Waals surface area contributed by atoms with Crippen LogP contribution >= 0.6 is 27.3 Å². The molecule has 1 aromatic carbocycles. The van der Waals surface area contributed by atoms with Gasteiger partial charge in [-0.2, -0.15) is 0 Å². The highest BCUT2D eigenvalue weighted by atomic mass is 79.9. The molecule has 2 aromatic rings. The van der Waals surface area contributed by atoms with Gasteiger partial charge in [-0.15, -0.1) is 0 Å². The number of piperidine rings is 1. The van der Waals surface area contributed by atoms with Gasteiger partial charge >= 0.3 is 11.0 Å². The standard InChI is InChI=1S/C17H19BrN6O4S/c18-11-1-3-12(4-2-11)20-16(26)21-13-5-7-23(8-6-13)10-14(25)22-17-19-9-15(29-17)24(27)28/h1-4,9,13H,5-8,10H2,(H,19,22,25)(H2,20,21,26). The van der Waals surface area contributed by atoms with Crippen LogP contribution in [-0.4, -0.2) is 52.4 Å². The lowest BCUT2D eigenvalue weighted by molar-refractivity contribution is -0.380. The Morgan fingerprint density at radius 3 is 2.55 bits per heavy atom. The molecule has 0 radical (unpaired) electrons. The third-order valence-electron chi connectivity index (χ3n) is 4.31. The first-order chi connectivity index (χ1) is 13.9. The Balaban J connectivity index is 1.38. The smallest absolute Gasteiger partial charge is 0.335 e. The zero-order valence-corrected chi connectivity index (χ0v) is 17.7. The molecule has 0 spiro atoms. The van der Waals surface area contributed by atoms with Gasteiger partial charge in [-0.3, -0.25) is 19.8 Å². The van der Waals surface area contributed by atoms with E-state index in [0.29, 0.717) is 18.8 Å². The number of amides is 3. The molecular weight excluding hydrogens is 464 g/mol. The number of thiazole rings is 1. The molecule has 3 N–H and O–H groups in total. The number of hydrogen-bond donors (Lipinski definition) is 3. The maximum Gasteiger partial charge on any atom is 0.345 e. The average Bonchev–Trinajstić information content (AvgIpc) is 3.14. The Bertz CT molecular complexity index is 882. The van der Waals surface area contributed by atoms with Crippen molar-refractivity contribution in [1.82, 2.24) is 15.2 Å². The van der Waals surface area contributed by atoms with Crippen LogP contribution < -0.4 is 16.0 Å². The number of urea groups is 1. The number of carbonyl (C=O) groups excluding carboxylic acids is 2. The van der Waals surface area contributed by atoms with Gasteiger partial charge in [0, 0.05) is 29.3 Å². The highest BCUT2D eigenvalue weighted by Crippen LogP contribution is 2.24. The van der Waals surface area contributed by atoms with Gasteiger partial charge in [0.1, 0.15) is 6.20 Å². The van der Waals surface area contributed by atoms with E-state index in [1.165, 1.54) is 0 Å². The van der Waals surface area contributed by atoms with Gasteiger partial charge in [0.2, 0.25) is 5.91 Å². The van der Waals surface area contributed by atoms with Crippen LogP contribution in [0.2, 0.25) is 0 Å². The summed E-state index contributed by atoms with van der Waals surface area (Å²) in [6.45, 7) is 1.49. The molecule has 0 bridgehead atoms. The molecule has 0 aliphatic carbocycles. The number of aromatic nitrogens is 1. The molecule has 1 saturated heterocycles. The predicted molar refractivity (Wildman–Crippen MR) is 113 cm³/mol. The van der Waals surface area contributed by atoms with Crippen LogP contribution in [0, 0.1) is 10.1 Å². The third-order valence-corrected chi connectivity index (χ3v) is 5.70. The summed E-state index contributed by atoms with van der Waals surface area (Å²) in [7, 11) is 0. The maximum absolute atomic E-state index is 12.1. The van der Waals surface area contributed by atoms with Gasteiger partial charge in [0.05, 0.1) is 11.5 Å². The van der Waals surface area contributed by atoms with E-state index < -0.39 is 4.92 Å². The van der Waals surface area contributed by atoms with Gasteiger partial charge in [-0.05, 0) is 48.4 Å². The lowest BCUT2D eigenvalue weighted by Crippen LogP contribution is -2.47. The number of anilines is 2. The molecule has 10 nitrogen and oxygen atoms in total. The van der Waals surface area contributed by atoms with E-state index in [1.807, 2.05) is 29.2 Å². The second kappa shape index (κ2) is 9.76. The Morgan fingerprint density at radius 2 is 1.93 bits per heavy atom. The van der Waals surface area contributed by atoms with Crippen LogP contribution in [0.3, 0.4) is 0 Å². The fourth-order valence-electron chi connectivity index (χ4n) is 2.89. The minimum atomic E-state index is -0.544. The highest BCUT2D eigenvalue weighted by molar-refractivity contribution is 9.10. The van der Waals surface area contributed by atoms with Crippen molar-refractivity contribution in [1.29, 1.82) is 0 Å². The number of hydrogen-bond acceptors (Lipinski definition) is 7. The molecule has 0 unspecified atom stereocenters. The summed E-state index contributed by atoms with van der Waals surface area (Å²) in [5.41, 5.74) is 0.710. The van der Waals surface area contributed by atoms with E-state index >= 15 is 0 Å². The van der Waals surface area contributed by atoms with E-state index in [4.69, 9.17) is 0 Å². The van der Waals surface area contributed by atoms with Gasteiger partial charge < -0.3 is 16.0 Å². The lowest BCUT2D eigenvalue weighted by atomic mass is 10.1. The molecule has 12 heteroatoms. The predicted octanol–water partition coefficient (Wildman–Crippen LogP) is 3.04. The Kier molecular flexibility index (Phi) is 7.12. The summed E-state index contributed by atoms with van der Waals surface area (Å²) in [6.07, 6.45) is 2.57. The number of carbonyl (C=O) groups is 2. The normalized spacial score (nSPS) is 14.9. The molecule has 2 heterocycles. The summed E-state index contributed by atoms with van der Waals surface area (Å²) in [5.74, 6) is -0.270. The third kappa shape index (κ3) is 6.48. The summed E-state index contributed by atoms with van der Waals surface area (Å²) in [4.78, 5) is 40.1. The summed E-state index contributed by atoms with van der Waals surface area (Å²) in [6, 6.07) is 7.09. The molecule has 1 aliphatic heterocycles. The molecule has 0 atom stereocenters. The number of rotatable bonds is 6. The molecule has 29 heavy (non-hydrogen) atoms. The van der Waals surface area contributed by atoms with Crippen molar-refractivity contribution >= 4 is 55.0 Å². The van der Waals surface area contributed by atoms with Crippen molar-refractivity contribution in [2.75, 3.05) is 30.3 Å². The number of nitro groups is 1. The second-order valence-electron chi connectivity index (χ2n) is 6.46. The average molecular weight is 483 g/mol. The molecule has 154 valence electrons. The van der Waals surface area contributed by atoms with E-state index in [-0.39, 0.29) is 34.7 Å². The van der Waals surface area contributed by atoms with Crippen LogP contribution in [0.15, 0.2) is 34.9 Å². The fourth-order valence-corrected chi connectivity index (χ4v) is 3.80. The molecule has 1 fully saturated rings. The monoisotopic (exact) mass is 482 g/mol. The van der Waals surface area contributed by atoms with Gasteiger partial charge in [-0.1, -0.05) is 15.9 Å². The lowest BCUT2D eigenvalue weighted by Gasteiger charge is -2.31. The Hall–Kier alpha value is -2.57.